The van der Waals surface area contributed by atoms with Gasteiger partial charge < -0.3 is 5.32 Å². The van der Waals surface area contributed by atoms with Crippen molar-refractivity contribution >= 4 is 27.5 Å². The quantitative estimate of drug-likeness (QED) is 0.685. The SMILES string of the molecule is CCCCCCCC(=O)Nc1cc(F)c(Br)cc1C. The van der Waals surface area contributed by atoms with E-state index in [4.69, 9.17) is 0 Å². The lowest BCUT2D eigenvalue weighted by atomic mass is 10.1. The second-order valence-corrected chi connectivity index (χ2v) is 5.65. The lowest BCUT2D eigenvalue weighted by Crippen LogP contribution is -2.12. The number of carbonyl (C=O) groups excluding carboxylic acids is 1. The van der Waals surface area contributed by atoms with Crippen molar-refractivity contribution < 1.29 is 9.18 Å². The molecular formula is C15H21BrFNO. The number of hydrogen-bond donors (Lipinski definition) is 1. The first kappa shape index (κ1) is 16.2. The molecule has 0 atom stereocenters. The molecule has 4 heteroatoms. The number of nitrogens with one attached hydrogen (secondary N) is 1. The van der Waals surface area contributed by atoms with Crippen LogP contribution in [0.5, 0.6) is 0 Å². The van der Waals surface area contributed by atoms with E-state index in [2.05, 4.69) is 28.2 Å². The molecule has 0 spiro atoms. The van der Waals surface area contributed by atoms with Gasteiger partial charge in [0.15, 0.2) is 0 Å². The molecule has 0 aliphatic rings. The molecule has 0 saturated carbocycles. The molecular weight excluding hydrogens is 309 g/mol. The van der Waals surface area contributed by atoms with E-state index in [-0.39, 0.29) is 11.7 Å². The van der Waals surface area contributed by atoms with Crippen LogP contribution in [0.2, 0.25) is 0 Å². The van der Waals surface area contributed by atoms with Crippen molar-refractivity contribution in [2.45, 2.75) is 52.4 Å². The van der Waals surface area contributed by atoms with Crippen molar-refractivity contribution in [3.8, 4) is 0 Å². The van der Waals surface area contributed by atoms with Gasteiger partial charge in [0.2, 0.25) is 5.91 Å². The standard InChI is InChI=1S/C15H21BrFNO/c1-3-4-5-6-7-8-15(19)18-14-10-13(17)12(16)9-11(14)2/h9-10H,3-8H2,1-2H3,(H,18,19). The topological polar surface area (TPSA) is 29.1 Å². The first-order valence-corrected chi connectivity index (χ1v) is 7.59. The van der Waals surface area contributed by atoms with Crippen LogP contribution in [0.4, 0.5) is 10.1 Å². The van der Waals surface area contributed by atoms with Crippen LogP contribution in [0, 0.1) is 12.7 Å². The molecule has 0 bridgehead atoms. The first-order valence-electron chi connectivity index (χ1n) is 6.80. The fourth-order valence-electron chi connectivity index (χ4n) is 1.88. The van der Waals surface area contributed by atoms with E-state index in [1.165, 1.54) is 25.3 Å². The largest absolute Gasteiger partial charge is 0.326 e. The molecule has 0 aliphatic carbocycles. The first-order chi connectivity index (χ1) is 9.04. The Hall–Kier alpha value is -0.900. The maximum absolute atomic E-state index is 13.4. The summed E-state index contributed by atoms with van der Waals surface area (Å²) in [5.74, 6) is -0.398. The summed E-state index contributed by atoms with van der Waals surface area (Å²) in [5, 5.41) is 2.77. The Balaban J connectivity index is 2.42. The smallest absolute Gasteiger partial charge is 0.224 e. The lowest BCUT2D eigenvalue weighted by Gasteiger charge is -2.09. The van der Waals surface area contributed by atoms with Crippen molar-refractivity contribution in [3.63, 3.8) is 0 Å². The average molecular weight is 330 g/mol. The van der Waals surface area contributed by atoms with Gasteiger partial charge in [-0.25, -0.2) is 4.39 Å². The van der Waals surface area contributed by atoms with E-state index in [1.807, 2.05) is 6.92 Å². The molecule has 1 aromatic rings. The Morgan fingerprint density at radius 3 is 2.63 bits per heavy atom. The molecule has 0 unspecified atom stereocenters. The van der Waals surface area contributed by atoms with Gasteiger partial charge in [-0.3, -0.25) is 4.79 Å². The van der Waals surface area contributed by atoms with Crippen LogP contribution in [0.1, 0.15) is 51.0 Å². The third kappa shape index (κ3) is 5.72. The van der Waals surface area contributed by atoms with Gasteiger partial charge in [-0.1, -0.05) is 32.6 Å². The minimum Gasteiger partial charge on any atom is -0.326 e. The van der Waals surface area contributed by atoms with Crippen LogP contribution in [-0.2, 0) is 4.79 Å². The monoisotopic (exact) mass is 329 g/mol. The zero-order chi connectivity index (χ0) is 14.3. The Labute approximate surface area is 122 Å². The summed E-state index contributed by atoms with van der Waals surface area (Å²) in [6, 6.07) is 3.03. The molecule has 0 heterocycles. The van der Waals surface area contributed by atoms with Gasteiger partial charge in [-0.05, 0) is 47.0 Å². The zero-order valence-corrected chi connectivity index (χ0v) is 13.1. The summed E-state index contributed by atoms with van der Waals surface area (Å²) in [5.41, 5.74) is 1.41. The number of carbonyl (C=O) groups is 1. The maximum Gasteiger partial charge on any atom is 0.224 e. The third-order valence-corrected chi connectivity index (χ3v) is 3.66. The highest BCUT2D eigenvalue weighted by molar-refractivity contribution is 9.10. The van der Waals surface area contributed by atoms with E-state index in [0.29, 0.717) is 16.6 Å². The number of aryl methyl sites for hydroxylation is 1. The van der Waals surface area contributed by atoms with Gasteiger partial charge in [0.1, 0.15) is 5.82 Å². The normalized spacial score (nSPS) is 10.5. The van der Waals surface area contributed by atoms with Crippen LogP contribution in [-0.4, -0.2) is 5.91 Å². The summed E-state index contributed by atoms with van der Waals surface area (Å²) in [6.45, 7) is 4.01. The molecule has 0 aromatic heterocycles. The molecule has 0 saturated heterocycles. The van der Waals surface area contributed by atoms with Gasteiger partial charge in [0.05, 0.1) is 4.47 Å². The molecule has 0 fully saturated rings. The van der Waals surface area contributed by atoms with E-state index >= 15 is 0 Å². The summed E-state index contributed by atoms with van der Waals surface area (Å²) >= 11 is 3.12. The van der Waals surface area contributed by atoms with Crippen molar-refractivity contribution in [1.82, 2.24) is 0 Å². The summed E-state index contributed by atoms with van der Waals surface area (Å²) in [4.78, 5) is 11.7. The Bertz CT molecular complexity index is 434. The summed E-state index contributed by atoms with van der Waals surface area (Å²) in [7, 11) is 0. The van der Waals surface area contributed by atoms with Crippen LogP contribution < -0.4 is 5.32 Å². The highest BCUT2D eigenvalue weighted by atomic mass is 79.9. The third-order valence-electron chi connectivity index (χ3n) is 3.05. The molecule has 106 valence electrons. The second kappa shape index (κ2) is 8.31. The fraction of sp³-hybridized carbons (Fsp3) is 0.533. The van der Waals surface area contributed by atoms with Crippen LogP contribution in [0.25, 0.3) is 0 Å². The average Bonchev–Trinajstić information content (AvgIpc) is 2.35. The molecule has 19 heavy (non-hydrogen) atoms. The van der Waals surface area contributed by atoms with Crippen molar-refractivity contribution in [2.75, 3.05) is 5.32 Å². The van der Waals surface area contributed by atoms with Crippen LogP contribution >= 0.6 is 15.9 Å². The zero-order valence-electron chi connectivity index (χ0n) is 11.6. The molecule has 2 nitrogen and oxygen atoms in total. The number of amides is 1. The van der Waals surface area contributed by atoms with Crippen molar-refractivity contribution in [2.24, 2.45) is 0 Å². The van der Waals surface area contributed by atoms with Gasteiger partial charge in [-0.15, -0.1) is 0 Å². The van der Waals surface area contributed by atoms with Crippen molar-refractivity contribution in [3.05, 3.63) is 28.0 Å². The Kier molecular flexibility index (Phi) is 7.06. The van der Waals surface area contributed by atoms with Crippen LogP contribution in [0.15, 0.2) is 16.6 Å². The number of unbranched alkanes of at least 4 members (excludes halogenated alkanes) is 4. The molecule has 1 rings (SSSR count). The molecule has 0 radical (unpaired) electrons. The number of benzene rings is 1. The van der Waals surface area contributed by atoms with Gasteiger partial charge in [0, 0.05) is 12.1 Å². The molecule has 0 aliphatic heterocycles. The summed E-state index contributed by atoms with van der Waals surface area (Å²) < 4.78 is 13.8. The van der Waals surface area contributed by atoms with Gasteiger partial charge in [-0.2, -0.15) is 0 Å². The highest BCUT2D eigenvalue weighted by Gasteiger charge is 2.08. The predicted molar refractivity (Wildman–Crippen MR) is 80.8 cm³/mol. The van der Waals surface area contributed by atoms with Crippen molar-refractivity contribution in [1.29, 1.82) is 0 Å². The summed E-state index contributed by atoms with van der Waals surface area (Å²) in [6.07, 6.45) is 6.07. The highest BCUT2D eigenvalue weighted by Crippen LogP contribution is 2.24. The predicted octanol–water partition coefficient (Wildman–Crippen LogP) is 5.20. The minimum atomic E-state index is -0.358. The minimum absolute atomic E-state index is 0.0404. The van der Waals surface area contributed by atoms with Crippen LogP contribution in [0.3, 0.4) is 0 Å². The van der Waals surface area contributed by atoms with E-state index in [0.717, 1.165) is 18.4 Å². The maximum atomic E-state index is 13.4. The fourth-order valence-corrected chi connectivity index (χ4v) is 2.34. The molecule has 1 N–H and O–H groups in total. The Morgan fingerprint density at radius 2 is 1.95 bits per heavy atom. The number of hydrogen-bond acceptors (Lipinski definition) is 1. The van der Waals surface area contributed by atoms with Gasteiger partial charge in [0.25, 0.3) is 0 Å². The lowest BCUT2D eigenvalue weighted by molar-refractivity contribution is -0.116. The molecule has 1 aromatic carbocycles. The van der Waals surface area contributed by atoms with E-state index < -0.39 is 0 Å². The van der Waals surface area contributed by atoms with Gasteiger partial charge >= 0.3 is 0 Å². The molecule has 1 amide bonds. The van der Waals surface area contributed by atoms with E-state index in [1.54, 1.807) is 6.07 Å². The second-order valence-electron chi connectivity index (χ2n) is 4.79. The van der Waals surface area contributed by atoms with E-state index in [9.17, 15) is 9.18 Å². The number of halogens is 2. The number of rotatable bonds is 7. The Morgan fingerprint density at radius 1 is 1.26 bits per heavy atom. The number of anilines is 1.